The third kappa shape index (κ3) is 2.39. The summed E-state index contributed by atoms with van der Waals surface area (Å²) >= 11 is 0. The summed E-state index contributed by atoms with van der Waals surface area (Å²) in [5.74, 6) is -0.740. The Kier molecular flexibility index (Phi) is 3.48. The van der Waals surface area contributed by atoms with Gasteiger partial charge in [-0.05, 0) is 38.7 Å². The average Bonchev–Trinajstić information content (AvgIpc) is 2.36. The Hall–Kier alpha value is -2.21. The number of hydrogen-bond acceptors (Lipinski definition) is 3. The van der Waals surface area contributed by atoms with E-state index in [4.69, 9.17) is 0 Å². The van der Waals surface area contributed by atoms with Crippen LogP contribution >= 0.6 is 0 Å². The van der Waals surface area contributed by atoms with Crippen molar-refractivity contribution >= 4 is 16.8 Å². The number of likely N-dealkylation sites (tertiary alicyclic amines) is 1. The molecular weight excluding hydrogens is 285 g/mol. The Morgan fingerprint density at radius 2 is 2.00 bits per heavy atom. The lowest BCUT2D eigenvalue weighted by molar-refractivity contribution is 0.0401. The number of likely N-dealkylation sites (N-methyl/N-ethyl adjacent to an activating group) is 1. The van der Waals surface area contributed by atoms with Crippen LogP contribution in [-0.2, 0) is 0 Å². The lowest BCUT2D eigenvalue weighted by Gasteiger charge is -2.42. The van der Waals surface area contributed by atoms with Crippen molar-refractivity contribution in [2.45, 2.75) is 13.0 Å². The van der Waals surface area contributed by atoms with Gasteiger partial charge in [0.15, 0.2) is 0 Å². The van der Waals surface area contributed by atoms with E-state index in [2.05, 4.69) is 9.88 Å². The predicted molar refractivity (Wildman–Crippen MR) is 82.6 cm³/mol. The molecular formula is C16H18FN3O2. The number of aromatic amines is 1. The summed E-state index contributed by atoms with van der Waals surface area (Å²) in [5, 5.41) is 0.454. The minimum Gasteiger partial charge on any atom is -0.335 e. The smallest absolute Gasteiger partial charge is 0.254 e. The Morgan fingerprint density at radius 1 is 1.32 bits per heavy atom. The summed E-state index contributed by atoms with van der Waals surface area (Å²) in [6.45, 7) is 3.00. The number of rotatable bonds is 2. The monoisotopic (exact) mass is 303 g/mol. The molecule has 22 heavy (non-hydrogen) atoms. The van der Waals surface area contributed by atoms with E-state index in [1.54, 1.807) is 17.9 Å². The van der Waals surface area contributed by atoms with Gasteiger partial charge in [-0.15, -0.1) is 0 Å². The summed E-state index contributed by atoms with van der Waals surface area (Å²) in [6.07, 6.45) is 0. The third-order valence-electron chi connectivity index (χ3n) is 4.16. The van der Waals surface area contributed by atoms with Crippen molar-refractivity contribution in [2.75, 3.05) is 27.2 Å². The number of aryl methyl sites for hydroxylation is 1. The van der Waals surface area contributed by atoms with Crippen molar-refractivity contribution in [1.82, 2.24) is 14.8 Å². The van der Waals surface area contributed by atoms with Gasteiger partial charge in [-0.2, -0.15) is 0 Å². The van der Waals surface area contributed by atoms with Crippen molar-refractivity contribution < 1.29 is 9.18 Å². The van der Waals surface area contributed by atoms with Gasteiger partial charge in [-0.3, -0.25) is 9.59 Å². The number of fused-ring (bicyclic) bond motifs is 1. The standard InChI is InChI=1S/C16H18FN3O2/c1-9-4-11-12(6-14(21)18-15(11)13(17)5-9)16(22)20-7-10(8-20)19(2)3/h4-6,10H,7-8H2,1-3H3,(H,18,21). The molecule has 1 aromatic heterocycles. The number of benzene rings is 1. The quantitative estimate of drug-likeness (QED) is 0.911. The molecule has 6 heteroatoms. The van der Waals surface area contributed by atoms with Crippen LogP contribution in [0.25, 0.3) is 10.9 Å². The van der Waals surface area contributed by atoms with Gasteiger partial charge < -0.3 is 14.8 Å². The number of halogens is 1. The van der Waals surface area contributed by atoms with E-state index in [1.165, 1.54) is 12.1 Å². The number of carbonyl (C=O) groups excluding carboxylic acids is 1. The number of aromatic nitrogens is 1. The fraction of sp³-hybridized carbons (Fsp3) is 0.375. The number of amides is 1. The molecule has 2 aromatic rings. The van der Waals surface area contributed by atoms with E-state index in [-0.39, 0.29) is 17.0 Å². The van der Waals surface area contributed by atoms with Crippen molar-refractivity contribution in [3.63, 3.8) is 0 Å². The molecule has 0 bridgehead atoms. The molecule has 2 heterocycles. The molecule has 1 aliphatic heterocycles. The molecule has 5 nitrogen and oxygen atoms in total. The molecule has 1 fully saturated rings. The zero-order valence-electron chi connectivity index (χ0n) is 12.8. The molecule has 0 atom stereocenters. The second-order valence-electron chi connectivity index (χ2n) is 6.04. The van der Waals surface area contributed by atoms with Gasteiger partial charge >= 0.3 is 0 Å². The lowest BCUT2D eigenvalue weighted by Crippen LogP contribution is -2.59. The van der Waals surface area contributed by atoms with E-state index in [1.807, 2.05) is 14.1 Å². The highest BCUT2D eigenvalue weighted by Gasteiger charge is 2.33. The highest BCUT2D eigenvalue weighted by molar-refractivity contribution is 6.06. The van der Waals surface area contributed by atoms with Gasteiger partial charge in [0.2, 0.25) is 5.56 Å². The van der Waals surface area contributed by atoms with Gasteiger partial charge in [0.25, 0.3) is 5.91 Å². The first kappa shape index (κ1) is 14.7. The molecule has 0 spiro atoms. The van der Waals surface area contributed by atoms with Crippen LogP contribution < -0.4 is 5.56 Å². The second kappa shape index (κ2) is 5.21. The molecule has 1 aliphatic rings. The molecule has 0 radical (unpaired) electrons. The first-order valence-corrected chi connectivity index (χ1v) is 7.15. The number of carbonyl (C=O) groups is 1. The van der Waals surface area contributed by atoms with Crippen LogP contribution in [-0.4, -0.2) is 53.9 Å². The van der Waals surface area contributed by atoms with E-state index >= 15 is 0 Å². The molecule has 1 aromatic carbocycles. The maximum absolute atomic E-state index is 14.0. The van der Waals surface area contributed by atoms with Gasteiger partial charge in [0.1, 0.15) is 5.82 Å². The van der Waals surface area contributed by atoms with Crippen LogP contribution in [0.1, 0.15) is 15.9 Å². The summed E-state index contributed by atoms with van der Waals surface area (Å²) < 4.78 is 14.0. The van der Waals surface area contributed by atoms with Crippen LogP contribution in [0, 0.1) is 12.7 Å². The van der Waals surface area contributed by atoms with Gasteiger partial charge in [0.05, 0.1) is 11.1 Å². The van der Waals surface area contributed by atoms with Crippen molar-refractivity contribution in [1.29, 1.82) is 0 Å². The Balaban J connectivity index is 2.04. The SMILES string of the molecule is Cc1cc(F)c2[nH]c(=O)cc(C(=O)N3CC(N(C)C)C3)c2c1. The third-order valence-corrected chi connectivity index (χ3v) is 4.16. The van der Waals surface area contributed by atoms with Crippen molar-refractivity contribution in [2.24, 2.45) is 0 Å². The Bertz CT molecular complexity index is 807. The molecule has 1 amide bonds. The minimum atomic E-state index is -0.517. The van der Waals surface area contributed by atoms with Gasteiger partial charge in [-0.1, -0.05) is 0 Å². The number of pyridine rings is 1. The number of nitrogens with zero attached hydrogens (tertiary/aromatic N) is 2. The normalized spacial score (nSPS) is 15.4. The molecule has 0 saturated carbocycles. The topological polar surface area (TPSA) is 56.4 Å². The zero-order valence-corrected chi connectivity index (χ0v) is 12.8. The van der Waals surface area contributed by atoms with Crippen LogP contribution in [0.5, 0.6) is 0 Å². The van der Waals surface area contributed by atoms with Gasteiger partial charge in [0, 0.05) is 30.6 Å². The van der Waals surface area contributed by atoms with Crippen LogP contribution in [0.3, 0.4) is 0 Å². The second-order valence-corrected chi connectivity index (χ2v) is 6.04. The summed E-state index contributed by atoms with van der Waals surface area (Å²) in [7, 11) is 3.93. The summed E-state index contributed by atoms with van der Waals surface area (Å²) in [6, 6.07) is 4.66. The number of H-pyrrole nitrogens is 1. The predicted octanol–water partition coefficient (Wildman–Crippen LogP) is 1.36. The zero-order chi connectivity index (χ0) is 16.0. The highest BCUT2D eigenvalue weighted by Crippen LogP contribution is 2.23. The summed E-state index contributed by atoms with van der Waals surface area (Å²) in [5.41, 5.74) is 0.592. The number of nitrogens with one attached hydrogen (secondary N) is 1. The van der Waals surface area contributed by atoms with E-state index in [0.717, 1.165) is 0 Å². The largest absolute Gasteiger partial charge is 0.335 e. The fourth-order valence-corrected chi connectivity index (χ4v) is 2.74. The molecule has 0 unspecified atom stereocenters. The molecule has 116 valence electrons. The summed E-state index contributed by atoms with van der Waals surface area (Å²) in [4.78, 5) is 30.6. The van der Waals surface area contributed by atoms with E-state index in [9.17, 15) is 14.0 Å². The van der Waals surface area contributed by atoms with Gasteiger partial charge in [-0.25, -0.2) is 4.39 Å². The van der Waals surface area contributed by atoms with Crippen LogP contribution in [0.4, 0.5) is 4.39 Å². The maximum Gasteiger partial charge on any atom is 0.254 e. The molecule has 1 saturated heterocycles. The molecule has 3 rings (SSSR count). The van der Waals surface area contributed by atoms with Crippen LogP contribution in [0.15, 0.2) is 23.0 Å². The maximum atomic E-state index is 14.0. The Morgan fingerprint density at radius 3 is 2.64 bits per heavy atom. The Labute approximate surface area is 127 Å². The lowest BCUT2D eigenvalue weighted by atomic mass is 10.0. The van der Waals surface area contributed by atoms with E-state index in [0.29, 0.717) is 30.1 Å². The molecule has 0 aliphatic carbocycles. The first-order chi connectivity index (χ1) is 10.4. The average molecular weight is 303 g/mol. The molecule has 1 N–H and O–H groups in total. The van der Waals surface area contributed by atoms with Crippen molar-refractivity contribution in [3.05, 3.63) is 45.5 Å². The number of hydrogen-bond donors (Lipinski definition) is 1. The minimum absolute atomic E-state index is 0.0890. The van der Waals surface area contributed by atoms with Crippen molar-refractivity contribution in [3.8, 4) is 0 Å². The first-order valence-electron chi connectivity index (χ1n) is 7.15. The highest BCUT2D eigenvalue weighted by atomic mass is 19.1. The van der Waals surface area contributed by atoms with Crippen LogP contribution in [0.2, 0.25) is 0 Å². The van der Waals surface area contributed by atoms with E-state index < -0.39 is 11.4 Å². The fourth-order valence-electron chi connectivity index (χ4n) is 2.74.